The normalized spacial score (nSPS) is 17.8. The smallest absolute Gasteiger partial charge is 0.272 e. The van der Waals surface area contributed by atoms with Gasteiger partial charge in [0.25, 0.3) is 12.3 Å². The highest BCUT2D eigenvalue weighted by Crippen LogP contribution is 2.27. The van der Waals surface area contributed by atoms with E-state index >= 15 is 0 Å². The molecule has 1 aliphatic heterocycles. The molecule has 1 saturated heterocycles. The number of fused-ring (bicyclic) bond motifs is 1. The number of nitrogens with one attached hydrogen (secondary N) is 1. The zero-order valence-corrected chi connectivity index (χ0v) is 16.6. The number of amides is 1. The van der Waals surface area contributed by atoms with E-state index in [0.29, 0.717) is 17.8 Å². The molecule has 31 heavy (non-hydrogen) atoms. The summed E-state index contributed by atoms with van der Waals surface area (Å²) in [6.45, 7) is 1.78. The molecule has 2 atom stereocenters. The predicted molar refractivity (Wildman–Crippen MR) is 103 cm³/mol. The average molecular weight is 435 g/mol. The van der Waals surface area contributed by atoms with E-state index in [1.54, 1.807) is 6.92 Å². The molecule has 4 rings (SSSR count). The van der Waals surface area contributed by atoms with E-state index in [2.05, 4.69) is 20.3 Å². The Labute approximate surface area is 175 Å². The Hall–Kier alpha value is -3.05. The van der Waals surface area contributed by atoms with Crippen molar-refractivity contribution in [3.8, 4) is 0 Å². The fourth-order valence-electron chi connectivity index (χ4n) is 3.43. The Morgan fingerprint density at radius 1 is 1.29 bits per heavy atom. The molecule has 1 fully saturated rings. The highest BCUT2D eigenvalue weighted by Gasteiger charge is 2.33. The summed E-state index contributed by atoms with van der Waals surface area (Å²) in [6, 6.07) is 2.79. The molecular weight excluding hydrogens is 415 g/mol. The lowest BCUT2D eigenvalue weighted by Crippen LogP contribution is -2.44. The van der Waals surface area contributed by atoms with Crippen molar-refractivity contribution in [2.45, 2.75) is 32.0 Å². The van der Waals surface area contributed by atoms with Gasteiger partial charge in [-0.25, -0.2) is 23.1 Å². The molecular formula is C20H20F3N5O3. The summed E-state index contributed by atoms with van der Waals surface area (Å²) < 4.78 is 53.0. The summed E-state index contributed by atoms with van der Waals surface area (Å²) in [5.74, 6) is -1.04. The van der Waals surface area contributed by atoms with E-state index in [9.17, 15) is 18.0 Å². The first-order valence-corrected chi connectivity index (χ1v) is 9.65. The van der Waals surface area contributed by atoms with Gasteiger partial charge in [0.05, 0.1) is 49.3 Å². The molecule has 164 valence electrons. The Morgan fingerprint density at radius 3 is 2.81 bits per heavy atom. The van der Waals surface area contributed by atoms with Gasteiger partial charge in [0, 0.05) is 6.20 Å². The van der Waals surface area contributed by atoms with Gasteiger partial charge >= 0.3 is 0 Å². The maximum atomic E-state index is 13.8. The minimum Gasteiger partial charge on any atom is -0.376 e. The van der Waals surface area contributed by atoms with Crippen LogP contribution in [0.5, 0.6) is 0 Å². The number of alkyl halides is 2. The first kappa shape index (κ1) is 21.2. The minimum absolute atomic E-state index is 0.0508. The number of carbonyl (C=O) groups is 1. The van der Waals surface area contributed by atoms with Crippen molar-refractivity contribution < 1.29 is 27.4 Å². The van der Waals surface area contributed by atoms with Crippen molar-refractivity contribution in [1.29, 1.82) is 0 Å². The van der Waals surface area contributed by atoms with Crippen molar-refractivity contribution in [1.82, 2.24) is 24.8 Å². The van der Waals surface area contributed by atoms with Gasteiger partial charge < -0.3 is 19.4 Å². The number of ether oxygens (including phenoxy) is 2. The molecule has 0 saturated carbocycles. The molecule has 0 bridgehead atoms. The quantitative estimate of drug-likeness (QED) is 0.640. The molecule has 2 aromatic heterocycles. The van der Waals surface area contributed by atoms with Crippen LogP contribution in [0.2, 0.25) is 0 Å². The molecule has 0 spiro atoms. The third-order valence-electron chi connectivity index (χ3n) is 4.85. The van der Waals surface area contributed by atoms with Crippen LogP contribution in [0, 0.1) is 12.7 Å². The largest absolute Gasteiger partial charge is 0.376 e. The first-order valence-electron chi connectivity index (χ1n) is 9.65. The third kappa shape index (κ3) is 4.67. The monoisotopic (exact) mass is 435 g/mol. The number of carbonyl (C=O) groups excluding carboxylic acids is 1. The fraction of sp³-hybridized carbons (Fsp3) is 0.400. The van der Waals surface area contributed by atoms with Crippen molar-refractivity contribution in [3.05, 3.63) is 53.6 Å². The zero-order chi connectivity index (χ0) is 22.0. The predicted octanol–water partition coefficient (Wildman–Crippen LogP) is 2.43. The van der Waals surface area contributed by atoms with Crippen LogP contribution in [-0.4, -0.2) is 57.8 Å². The van der Waals surface area contributed by atoms with E-state index in [1.165, 1.54) is 29.1 Å². The van der Waals surface area contributed by atoms with Crippen molar-refractivity contribution in [2.24, 2.45) is 0 Å². The van der Waals surface area contributed by atoms with E-state index in [0.717, 1.165) is 6.07 Å². The number of rotatable bonds is 6. The molecule has 1 aromatic carbocycles. The van der Waals surface area contributed by atoms with Crippen LogP contribution >= 0.6 is 0 Å². The van der Waals surface area contributed by atoms with Gasteiger partial charge in [-0.15, -0.1) is 0 Å². The number of imidazole rings is 1. The summed E-state index contributed by atoms with van der Waals surface area (Å²) in [7, 11) is 0. The van der Waals surface area contributed by atoms with E-state index in [1.807, 2.05) is 0 Å². The van der Waals surface area contributed by atoms with Gasteiger partial charge in [-0.3, -0.25) is 9.78 Å². The highest BCUT2D eigenvalue weighted by atomic mass is 19.3. The van der Waals surface area contributed by atoms with Crippen molar-refractivity contribution >= 4 is 16.9 Å². The lowest BCUT2D eigenvalue weighted by atomic mass is 10.1. The molecule has 8 nitrogen and oxygen atoms in total. The molecule has 0 radical (unpaired) electrons. The van der Waals surface area contributed by atoms with Crippen LogP contribution in [0.1, 0.15) is 28.0 Å². The lowest BCUT2D eigenvalue weighted by Gasteiger charge is -2.31. The number of nitrogens with zero attached hydrogens (tertiary/aromatic N) is 4. The highest BCUT2D eigenvalue weighted by molar-refractivity contribution is 5.92. The number of aryl methyl sites for hydroxylation is 1. The summed E-state index contributed by atoms with van der Waals surface area (Å²) in [4.78, 5) is 25.4. The molecule has 0 aliphatic carbocycles. The van der Waals surface area contributed by atoms with Crippen LogP contribution in [0.4, 0.5) is 13.2 Å². The second-order valence-electron chi connectivity index (χ2n) is 7.08. The Morgan fingerprint density at radius 2 is 2.13 bits per heavy atom. The third-order valence-corrected chi connectivity index (χ3v) is 4.85. The molecule has 3 heterocycles. The van der Waals surface area contributed by atoms with Crippen LogP contribution in [-0.2, 0) is 16.0 Å². The Bertz CT molecular complexity index is 1070. The summed E-state index contributed by atoms with van der Waals surface area (Å²) >= 11 is 0. The number of hydrogen-bond acceptors (Lipinski definition) is 6. The number of halogens is 3. The van der Waals surface area contributed by atoms with Gasteiger partial charge in [-0.2, -0.15) is 0 Å². The van der Waals surface area contributed by atoms with Crippen LogP contribution in [0.3, 0.4) is 0 Å². The maximum Gasteiger partial charge on any atom is 0.272 e. The molecule has 11 heteroatoms. The van der Waals surface area contributed by atoms with Crippen molar-refractivity contribution in [3.63, 3.8) is 0 Å². The SMILES string of the molecule is Cc1cnc(C(=O)N[C@H](c2nc3ccc(F)cc3n2CC(F)F)[C@H]2COCCO2)cn1. The Kier molecular flexibility index (Phi) is 6.14. The maximum absolute atomic E-state index is 13.8. The summed E-state index contributed by atoms with van der Waals surface area (Å²) in [5.41, 5.74) is 1.21. The van der Waals surface area contributed by atoms with Crippen LogP contribution < -0.4 is 5.32 Å². The van der Waals surface area contributed by atoms with Crippen molar-refractivity contribution in [2.75, 3.05) is 19.8 Å². The zero-order valence-electron chi connectivity index (χ0n) is 16.6. The second-order valence-corrected chi connectivity index (χ2v) is 7.08. The molecule has 0 unspecified atom stereocenters. The molecule has 1 amide bonds. The molecule has 1 aliphatic rings. The number of hydrogen-bond donors (Lipinski definition) is 1. The van der Waals surface area contributed by atoms with E-state index < -0.39 is 36.8 Å². The number of benzene rings is 1. The topological polar surface area (TPSA) is 91.2 Å². The van der Waals surface area contributed by atoms with E-state index in [-0.39, 0.29) is 30.2 Å². The lowest BCUT2D eigenvalue weighted by molar-refractivity contribution is -0.102. The minimum atomic E-state index is -2.72. The van der Waals surface area contributed by atoms with Gasteiger partial charge in [0.2, 0.25) is 0 Å². The Balaban J connectivity index is 1.76. The number of aromatic nitrogens is 4. The van der Waals surface area contributed by atoms with Gasteiger partial charge in [0.1, 0.15) is 29.5 Å². The van der Waals surface area contributed by atoms with Gasteiger partial charge in [0.15, 0.2) is 0 Å². The van der Waals surface area contributed by atoms with Crippen LogP contribution in [0.15, 0.2) is 30.6 Å². The first-order chi connectivity index (χ1) is 14.9. The van der Waals surface area contributed by atoms with Gasteiger partial charge in [-0.1, -0.05) is 0 Å². The standard InChI is InChI=1S/C20H20F3N5O3/c1-11-7-25-14(8-24-11)20(29)27-18(16-10-30-4-5-31-16)19-26-13-3-2-12(21)6-15(13)28(19)9-17(22)23/h2-3,6-8,16-18H,4-5,9-10H2,1H3,(H,27,29)/t16-,18+/m1/s1. The second kappa shape index (κ2) is 8.98. The van der Waals surface area contributed by atoms with Gasteiger partial charge in [-0.05, 0) is 25.1 Å². The van der Waals surface area contributed by atoms with E-state index in [4.69, 9.17) is 9.47 Å². The summed E-state index contributed by atoms with van der Waals surface area (Å²) in [6.07, 6.45) is -0.646. The summed E-state index contributed by atoms with van der Waals surface area (Å²) in [5, 5.41) is 2.76. The molecule has 3 aromatic rings. The van der Waals surface area contributed by atoms with Crippen LogP contribution in [0.25, 0.3) is 11.0 Å². The average Bonchev–Trinajstić information content (AvgIpc) is 3.09. The molecule has 1 N–H and O–H groups in total. The fourth-order valence-corrected chi connectivity index (χ4v) is 3.43.